The minimum atomic E-state index is -0.411. The molecule has 0 saturated carbocycles. The summed E-state index contributed by atoms with van der Waals surface area (Å²) < 4.78 is 5.23. The van der Waals surface area contributed by atoms with Crippen molar-refractivity contribution in [1.29, 1.82) is 0 Å². The number of amides is 2. The number of carbonyl (C=O) groups is 4. The molecule has 0 unspecified atom stereocenters. The van der Waals surface area contributed by atoms with Crippen LogP contribution in [0, 0.1) is 12.8 Å². The molecule has 7 heteroatoms. The second kappa shape index (κ2) is 10.0. The fourth-order valence-electron chi connectivity index (χ4n) is 3.58. The average molecular weight is 422 g/mol. The Morgan fingerprint density at radius 1 is 1.00 bits per heavy atom. The Hall–Kier alpha value is -3.48. The molecule has 2 amide bonds. The third kappa shape index (κ3) is 5.78. The minimum absolute atomic E-state index is 0.0252. The lowest BCUT2D eigenvalue weighted by Gasteiger charge is -2.31. The summed E-state index contributed by atoms with van der Waals surface area (Å²) in [6.45, 7) is 3.93. The molecular formula is C24H26N2O5. The van der Waals surface area contributed by atoms with E-state index in [-0.39, 0.29) is 30.1 Å². The van der Waals surface area contributed by atoms with E-state index in [0.29, 0.717) is 42.7 Å². The van der Waals surface area contributed by atoms with Gasteiger partial charge in [-0.2, -0.15) is 0 Å². The van der Waals surface area contributed by atoms with Gasteiger partial charge >= 0.3 is 5.97 Å². The maximum atomic E-state index is 12.7. The molecular weight excluding hydrogens is 396 g/mol. The average Bonchev–Trinajstić information content (AvgIpc) is 2.77. The summed E-state index contributed by atoms with van der Waals surface area (Å²) in [4.78, 5) is 50.2. The Labute approximate surface area is 181 Å². The predicted molar refractivity (Wildman–Crippen MR) is 116 cm³/mol. The Kier molecular flexibility index (Phi) is 7.18. The monoisotopic (exact) mass is 422 g/mol. The van der Waals surface area contributed by atoms with Crippen molar-refractivity contribution in [2.75, 3.05) is 25.0 Å². The highest BCUT2D eigenvalue weighted by atomic mass is 16.5. The van der Waals surface area contributed by atoms with Gasteiger partial charge in [-0.05, 0) is 55.7 Å². The van der Waals surface area contributed by atoms with Crippen molar-refractivity contribution >= 4 is 29.3 Å². The van der Waals surface area contributed by atoms with E-state index >= 15 is 0 Å². The number of hydrogen-bond acceptors (Lipinski definition) is 5. The molecule has 1 fully saturated rings. The normalized spacial score (nSPS) is 14.1. The third-order valence-corrected chi connectivity index (χ3v) is 5.36. The summed E-state index contributed by atoms with van der Waals surface area (Å²) in [6, 6.07) is 13.9. The zero-order valence-electron chi connectivity index (χ0n) is 17.7. The van der Waals surface area contributed by atoms with Gasteiger partial charge in [0.05, 0.1) is 5.92 Å². The summed E-state index contributed by atoms with van der Waals surface area (Å²) in [5.74, 6) is -1.26. The summed E-state index contributed by atoms with van der Waals surface area (Å²) in [5, 5.41) is 2.63. The number of rotatable bonds is 6. The maximum absolute atomic E-state index is 12.7. The summed E-state index contributed by atoms with van der Waals surface area (Å²) >= 11 is 0. The van der Waals surface area contributed by atoms with E-state index in [2.05, 4.69) is 5.32 Å². The first-order valence-corrected chi connectivity index (χ1v) is 10.3. The standard InChI is InChI=1S/C24H26N2O5/c1-16-5-3-4-6-21(16)23(29)26-13-11-19(12-14-26)24(30)31-15-22(28)18-7-9-20(10-8-18)25-17(2)27/h3-10,19H,11-15H2,1-2H3,(H,25,27). The van der Waals surface area contributed by atoms with Crippen molar-refractivity contribution in [3.05, 3.63) is 65.2 Å². The third-order valence-electron chi connectivity index (χ3n) is 5.36. The second-order valence-electron chi connectivity index (χ2n) is 7.67. The Bertz CT molecular complexity index is 976. The van der Waals surface area contributed by atoms with Gasteiger partial charge in [0, 0.05) is 36.8 Å². The fourth-order valence-corrected chi connectivity index (χ4v) is 3.58. The van der Waals surface area contributed by atoms with Crippen molar-refractivity contribution in [2.45, 2.75) is 26.7 Å². The molecule has 2 aromatic rings. The number of piperidine rings is 1. The van der Waals surface area contributed by atoms with Crippen molar-refractivity contribution < 1.29 is 23.9 Å². The number of benzene rings is 2. The van der Waals surface area contributed by atoms with E-state index in [1.165, 1.54) is 6.92 Å². The number of hydrogen-bond donors (Lipinski definition) is 1. The zero-order chi connectivity index (χ0) is 22.4. The van der Waals surface area contributed by atoms with Crippen molar-refractivity contribution in [1.82, 2.24) is 4.90 Å². The van der Waals surface area contributed by atoms with Gasteiger partial charge in [0.2, 0.25) is 5.91 Å². The minimum Gasteiger partial charge on any atom is -0.457 e. The van der Waals surface area contributed by atoms with Crippen molar-refractivity contribution in [2.24, 2.45) is 5.92 Å². The van der Waals surface area contributed by atoms with E-state index < -0.39 is 5.97 Å². The molecule has 162 valence electrons. The Morgan fingerprint density at radius 3 is 2.26 bits per heavy atom. The van der Waals surface area contributed by atoms with Gasteiger partial charge in [-0.1, -0.05) is 18.2 Å². The smallest absolute Gasteiger partial charge is 0.309 e. The topological polar surface area (TPSA) is 92.8 Å². The molecule has 1 aliphatic heterocycles. The zero-order valence-corrected chi connectivity index (χ0v) is 17.7. The highest BCUT2D eigenvalue weighted by Gasteiger charge is 2.29. The van der Waals surface area contributed by atoms with Gasteiger partial charge in [0.15, 0.2) is 12.4 Å². The van der Waals surface area contributed by atoms with Gasteiger partial charge < -0.3 is 15.0 Å². The molecule has 3 rings (SSSR count). The van der Waals surface area contributed by atoms with Crippen LogP contribution in [0.4, 0.5) is 5.69 Å². The summed E-state index contributed by atoms with van der Waals surface area (Å²) in [6.07, 6.45) is 1.02. The molecule has 2 aromatic carbocycles. The lowest BCUT2D eigenvalue weighted by molar-refractivity contribution is -0.148. The second-order valence-corrected chi connectivity index (χ2v) is 7.67. The van der Waals surface area contributed by atoms with Crippen LogP contribution in [0.3, 0.4) is 0 Å². The number of esters is 1. The first-order valence-electron chi connectivity index (χ1n) is 10.3. The molecule has 0 atom stereocenters. The van der Waals surface area contributed by atoms with E-state index in [4.69, 9.17) is 4.74 Å². The molecule has 1 saturated heterocycles. The number of Topliss-reactive ketones (excluding diaryl/α,β-unsaturated/α-hetero) is 1. The quantitative estimate of drug-likeness (QED) is 0.570. The van der Waals surface area contributed by atoms with Crippen LogP contribution in [-0.4, -0.2) is 48.2 Å². The Balaban J connectivity index is 1.46. The van der Waals surface area contributed by atoms with E-state index in [1.54, 1.807) is 29.2 Å². The number of anilines is 1. The number of likely N-dealkylation sites (tertiary alicyclic amines) is 1. The van der Waals surface area contributed by atoms with Gasteiger partial charge in [-0.25, -0.2) is 0 Å². The summed E-state index contributed by atoms with van der Waals surface area (Å²) in [7, 11) is 0. The van der Waals surface area contributed by atoms with E-state index in [9.17, 15) is 19.2 Å². The first kappa shape index (κ1) is 22.2. The van der Waals surface area contributed by atoms with Crippen LogP contribution in [0.25, 0.3) is 0 Å². The van der Waals surface area contributed by atoms with Gasteiger partial charge in [0.25, 0.3) is 5.91 Å². The molecule has 0 aromatic heterocycles. The van der Waals surface area contributed by atoms with Crippen LogP contribution >= 0.6 is 0 Å². The van der Waals surface area contributed by atoms with Crippen molar-refractivity contribution in [3.63, 3.8) is 0 Å². The number of nitrogens with one attached hydrogen (secondary N) is 1. The van der Waals surface area contributed by atoms with Crippen LogP contribution < -0.4 is 5.32 Å². The molecule has 1 aliphatic rings. The first-order chi connectivity index (χ1) is 14.8. The molecule has 1 N–H and O–H groups in total. The lowest BCUT2D eigenvalue weighted by atomic mass is 9.96. The molecule has 0 aliphatic carbocycles. The van der Waals surface area contributed by atoms with Gasteiger partial charge in [-0.15, -0.1) is 0 Å². The van der Waals surface area contributed by atoms with Crippen LogP contribution in [0.15, 0.2) is 48.5 Å². The number of nitrogens with zero attached hydrogens (tertiary/aromatic N) is 1. The highest BCUT2D eigenvalue weighted by molar-refractivity contribution is 5.99. The molecule has 1 heterocycles. The van der Waals surface area contributed by atoms with Crippen LogP contribution in [0.1, 0.15) is 46.0 Å². The molecule has 7 nitrogen and oxygen atoms in total. The van der Waals surface area contributed by atoms with Gasteiger partial charge in [-0.3, -0.25) is 19.2 Å². The van der Waals surface area contributed by atoms with Crippen LogP contribution in [-0.2, 0) is 14.3 Å². The largest absolute Gasteiger partial charge is 0.457 e. The SMILES string of the molecule is CC(=O)Nc1ccc(C(=O)COC(=O)C2CCN(C(=O)c3ccccc3C)CC2)cc1. The van der Waals surface area contributed by atoms with E-state index in [1.807, 2.05) is 31.2 Å². The number of aryl methyl sites for hydroxylation is 1. The molecule has 31 heavy (non-hydrogen) atoms. The Morgan fingerprint density at radius 2 is 1.65 bits per heavy atom. The van der Waals surface area contributed by atoms with Gasteiger partial charge in [0.1, 0.15) is 0 Å². The number of carbonyl (C=O) groups excluding carboxylic acids is 4. The summed E-state index contributed by atoms with van der Waals surface area (Å²) in [5.41, 5.74) is 2.60. The van der Waals surface area contributed by atoms with Crippen LogP contribution in [0.5, 0.6) is 0 Å². The predicted octanol–water partition coefficient (Wildman–Crippen LogP) is 3.23. The van der Waals surface area contributed by atoms with Crippen molar-refractivity contribution in [3.8, 4) is 0 Å². The molecule has 0 bridgehead atoms. The number of ether oxygens (including phenoxy) is 1. The van der Waals surface area contributed by atoms with E-state index in [0.717, 1.165) is 5.56 Å². The van der Waals surface area contributed by atoms with Crippen LogP contribution in [0.2, 0.25) is 0 Å². The number of ketones is 1. The lowest BCUT2D eigenvalue weighted by Crippen LogP contribution is -2.41. The maximum Gasteiger partial charge on any atom is 0.309 e. The molecule has 0 radical (unpaired) electrons. The highest BCUT2D eigenvalue weighted by Crippen LogP contribution is 2.21. The molecule has 0 spiro atoms. The fraction of sp³-hybridized carbons (Fsp3) is 0.333.